The lowest BCUT2D eigenvalue weighted by molar-refractivity contribution is -0.433. The van der Waals surface area contributed by atoms with Crippen LogP contribution in [0.1, 0.15) is 17.0 Å². The van der Waals surface area contributed by atoms with Gasteiger partial charge in [0.05, 0.1) is 20.3 Å². The largest absolute Gasteiger partial charge is 0.507 e. The van der Waals surface area contributed by atoms with Crippen LogP contribution in [0, 0.1) is 10.1 Å². The maximum atomic E-state index is 12.8. The Kier molecular flexibility index (Phi) is 4.83. The van der Waals surface area contributed by atoms with Gasteiger partial charge in [0.15, 0.2) is 0 Å². The van der Waals surface area contributed by atoms with Gasteiger partial charge >= 0.3 is 11.3 Å². The van der Waals surface area contributed by atoms with Crippen molar-refractivity contribution >= 4 is 42.8 Å². The van der Waals surface area contributed by atoms with Crippen LogP contribution < -0.4 is 15.7 Å². The molecule has 148 valence electrons. The topological polar surface area (TPSA) is 115 Å². The van der Waals surface area contributed by atoms with E-state index < -0.39 is 22.2 Å². The van der Waals surface area contributed by atoms with Gasteiger partial charge in [-0.3, -0.25) is 10.1 Å². The molecule has 4 rings (SSSR count). The number of hydrogen-bond donors (Lipinski definition) is 2. The minimum Gasteiger partial charge on any atom is -0.507 e. The number of rotatable bonds is 3. The summed E-state index contributed by atoms with van der Waals surface area (Å²) in [4.78, 5) is 24.2. The molecule has 0 saturated heterocycles. The van der Waals surface area contributed by atoms with E-state index in [-0.39, 0.29) is 28.2 Å². The molecular weight excluding hydrogens is 512 g/mol. The van der Waals surface area contributed by atoms with Gasteiger partial charge in [0.2, 0.25) is 0 Å². The third kappa shape index (κ3) is 3.08. The normalized spacial score (nSPS) is 15.8. The first-order valence-corrected chi connectivity index (χ1v) is 9.90. The summed E-state index contributed by atoms with van der Waals surface area (Å²) in [5.41, 5.74) is -1.01. The molecule has 1 unspecified atom stereocenters. The predicted molar refractivity (Wildman–Crippen MR) is 112 cm³/mol. The van der Waals surface area contributed by atoms with E-state index in [0.717, 1.165) is 0 Å². The van der Waals surface area contributed by atoms with Crippen molar-refractivity contribution in [2.45, 2.75) is 5.92 Å². The lowest BCUT2D eigenvalue weighted by Crippen LogP contribution is -2.30. The number of nitrogens with one attached hydrogen (secondary N) is 1. The first-order valence-electron chi connectivity index (χ1n) is 8.31. The van der Waals surface area contributed by atoms with Crippen molar-refractivity contribution in [3.8, 4) is 11.5 Å². The molecule has 3 aromatic rings. The summed E-state index contributed by atoms with van der Waals surface area (Å²) in [6.07, 6.45) is 0. The molecule has 2 aromatic carbocycles. The van der Waals surface area contributed by atoms with Gasteiger partial charge in [-0.05, 0) is 40.2 Å². The fourth-order valence-electron chi connectivity index (χ4n) is 3.40. The number of nitrogens with zero attached hydrogens (tertiary/aromatic N) is 1. The van der Waals surface area contributed by atoms with E-state index >= 15 is 0 Å². The standard InChI is InChI=1S/C19H12Br2N2O6/c1-22-18-15(23(26)27)13(10-6-8(20)7-11(21)17(10)29-18)14-16(24)9-4-2-3-5-12(9)28-19(14)25/h2-7,13,22,24H,1H3. The van der Waals surface area contributed by atoms with E-state index in [1.165, 1.54) is 13.1 Å². The second-order valence-electron chi connectivity index (χ2n) is 6.21. The fourth-order valence-corrected chi connectivity index (χ4v) is 4.74. The number of fused-ring (bicyclic) bond motifs is 2. The number of hydrogen-bond acceptors (Lipinski definition) is 7. The van der Waals surface area contributed by atoms with Gasteiger partial charge in [-0.15, -0.1) is 0 Å². The lowest BCUT2D eigenvalue weighted by Gasteiger charge is -2.26. The van der Waals surface area contributed by atoms with E-state index in [1.807, 2.05) is 0 Å². The van der Waals surface area contributed by atoms with Crippen LogP contribution >= 0.6 is 31.9 Å². The third-order valence-corrected chi connectivity index (χ3v) is 5.64. The minimum atomic E-state index is -1.23. The van der Waals surface area contributed by atoms with Crippen molar-refractivity contribution in [3.05, 3.63) is 88.6 Å². The van der Waals surface area contributed by atoms with Crippen LogP contribution in [0.4, 0.5) is 0 Å². The Hall–Kier alpha value is -2.85. The molecule has 1 aliphatic heterocycles. The van der Waals surface area contributed by atoms with Crippen LogP contribution in [0.5, 0.6) is 11.5 Å². The molecule has 29 heavy (non-hydrogen) atoms. The highest BCUT2D eigenvalue weighted by molar-refractivity contribution is 9.11. The number of halogens is 2. The van der Waals surface area contributed by atoms with Crippen LogP contribution in [0.3, 0.4) is 0 Å². The molecule has 0 fully saturated rings. The Morgan fingerprint density at radius 2 is 1.97 bits per heavy atom. The Labute approximate surface area is 180 Å². The van der Waals surface area contributed by atoms with Crippen molar-refractivity contribution in [2.75, 3.05) is 7.05 Å². The fraction of sp³-hybridized carbons (Fsp3) is 0.105. The van der Waals surface area contributed by atoms with Crippen LogP contribution in [-0.2, 0) is 0 Å². The molecule has 1 aromatic heterocycles. The van der Waals surface area contributed by atoms with E-state index in [9.17, 15) is 20.0 Å². The quantitative estimate of drug-likeness (QED) is 0.300. The van der Waals surface area contributed by atoms with Crippen LogP contribution in [0.25, 0.3) is 11.0 Å². The Bertz CT molecular complexity index is 1270. The van der Waals surface area contributed by atoms with Crippen LogP contribution in [-0.4, -0.2) is 17.1 Å². The van der Waals surface area contributed by atoms with Gasteiger partial charge in [-0.25, -0.2) is 4.79 Å². The van der Waals surface area contributed by atoms with Gasteiger partial charge in [0.1, 0.15) is 23.0 Å². The Morgan fingerprint density at radius 1 is 1.24 bits per heavy atom. The summed E-state index contributed by atoms with van der Waals surface area (Å²) in [5.74, 6) is -1.45. The maximum absolute atomic E-state index is 12.8. The van der Waals surface area contributed by atoms with E-state index in [2.05, 4.69) is 37.2 Å². The zero-order valence-corrected chi connectivity index (χ0v) is 17.9. The van der Waals surface area contributed by atoms with Crippen molar-refractivity contribution < 1.29 is 19.2 Å². The second kappa shape index (κ2) is 7.20. The average Bonchev–Trinajstić information content (AvgIpc) is 2.67. The third-order valence-electron chi connectivity index (χ3n) is 4.59. The maximum Gasteiger partial charge on any atom is 0.344 e. The molecule has 0 radical (unpaired) electrons. The van der Waals surface area contributed by atoms with Gasteiger partial charge in [0, 0.05) is 17.1 Å². The molecule has 0 spiro atoms. The van der Waals surface area contributed by atoms with Crippen LogP contribution in [0.2, 0.25) is 0 Å². The van der Waals surface area contributed by atoms with Gasteiger partial charge < -0.3 is 19.6 Å². The summed E-state index contributed by atoms with van der Waals surface area (Å²) < 4.78 is 12.2. The molecule has 1 aliphatic rings. The Morgan fingerprint density at radius 3 is 2.66 bits per heavy atom. The molecule has 0 bridgehead atoms. The molecular formula is C19H12Br2N2O6. The molecule has 0 saturated carbocycles. The summed E-state index contributed by atoms with van der Waals surface area (Å²) in [6.45, 7) is 0. The molecule has 2 heterocycles. The highest BCUT2D eigenvalue weighted by Gasteiger charge is 2.44. The number of para-hydroxylation sites is 1. The average molecular weight is 524 g/mol. The van der Waals surface area contributed by atoms with Gasteiger partial charge in [-0.1, -0.05) is 28.1 Å². The second-order valence-corrected chi connectivity index (χ2v) is 7.98. The summed E-state index contributed by atoms with van der Waals surface area (Å²) in [6, 6.07) is 9.75. The highest BCUT2D eigenvalue weighted by Crippen LogP contribution is 2.48. The van der Waals surface area contributed by atoms with E-state index in [0.29, 0.717) is 20.3 Å². The van der Waals surface area contributed by atoms with Crippen molar-refractivity contribution in [2.24, 2.45) is 0 Å². The molecule has 8 nitrogen and oxygen atoms in total. The SMILES string of the molecule is CNC1=C([N+](=O)[O-])C(c2c(O)c3ccccc3oc2=O)c2cc(Br)cc(Br)c2O1. The molecule has 0 aliphatic carbocycles. The van der Waals surface area contributed by atoms with Crippen molar-refractivity contribution in [3.63, 3.8) is 0 Å². The number of nitro groups is 1. The summed E-state index contributed by atoms with van der Waals surface area (Å²) in [5, 5.41) is 25.8. The highest BCUT2D eigenvalue weighted by atomic mass is 79.9. The lowest BCUT2D eigenvalue weighted by atomic mass is 9.86. The predicted octanol–water partition coefficient (Wildman–Crippen LogP) is 4.21. The zero-order valence-electron chi connectivity index (χ0n) is 14.7. The first kappa shape index (κ1) is 19.5. The smallest absolute Gasteiger partial charge is 0.344 e. The molecule has 2 N–H and O–H groups in total. The van der Waals surface area contributed by atoms with E-state index in [4.69, 9.17) is 9.15 Å². The molecule has 0 amide bonds. The monoisotopic (exact) mass is 522 g/mol. The summed E-state index contributed by atoms with van der Waals surface area (Å²) >= 11 is 6.74. The number of allylic oxidation sites excluding steroid dienone is 1. The molecule has 10 heteroatoms. The van der Waals surface area contributed by atoms with Crippen molar-refractivity contribution in [1.82, 2.24) is 5.32 Å². The zero-order chi connectivity index (χ0) is 20.9. The Balaban J connectivity index is 2.14. The first-order chi connectivity index (χ1) is 13.8. The molecule has 1 atom stereocenters. The number of benzene rings is 2. The minimum absolute atomic E-state index is 0.137. The number of aromatic hydroxyl groups is 1. The van der Waals surface area contributed by atoms with Gasteiger partial charge in [0.25, 0.3) is 5.88 Å². The number of ether oxygens (including phenoxy) is 1. The van der Waals surface area contributed by atoms with Gasteiger partial charge in [-0.2, -0.15) is 0 Å². The van der Waals surface area contributed by atoms with Crippen LogP contribution in [0.15, 0.2) is 66.1 Å². The van der Waals surface area contributed by atoms with Crippen molar-refractivity contribution in [1.29, 1.82) is 0 Å². The van der Waals surface area contributed by atoms with E-state index in [1.54, 1.807) is 30.3 Å². The summed E-state index contributed by atoms with van der Waals surface area (Å²) in [7, 11) is 1.47.